The van der Waals surface area contributed by atoms with Gasteiger partial charge in [0.15, 0.2) is 0 Å². The first-order valence-electron chi connectivity index (χ1n) is 8.67. The fourth-order valence-corrected chi connectivity index (χ4v) is 4.54. The molecule has 0 saturated carbocycles. The van der Waals surface area contributed by atoms with Gasteiger partial charge in [0.1, 0.15) is 10.7 Å². The molecule has 3 rings (SSSR count). The number of aromatic nitrogens is 2. The van der Waals surface area contributed by atoms with Crippen LogP contribution in [0.2, 0.25) is 10.0 Å². The van der Waals surface area contributed by atoms with Crippen LogP contribution in [0.4, 0.5) is 16.6 Å². The van der Waals surface area contributed by atoms with E-state index in [1.165, 1.54) is 9.47 Å². The number of carbonyl (C=O) groups is 1. The van der Waals surface area contributed by atoms with Crippen LogP contribution in [0.5, 0.6) is 0 Å². The third-order valence-electron chi connectivity index (χ3n) is 4.66. The van der Waals surface area contributed by atoms with E-state index in [-0.39, 0.29) is 29.4 Å². The molecule has 29 heavy (non-hydrogen) atoms. The molecule has 1 aromatic heterocycles. The number of rotatable bonds is 4. The van der Waals surface area contributed by atoms with Gasteiger partial charge in [-0.15, -0.1) is 0 Å². The zero-order valence-electron chi connectivity index (χ0n) is 15.5. The van der Waals surface area contributed by atoms with Gasteiger partial charge in [-0.1, -0.05) is 41.0 Å². The fraction of sp³-hybridized carbons (Fsp3) is 0.353. The lowest BCUT2D eigenvalue weighted by Crippen LogP contribution is -2.58. The molecule has 0 radical (unpaired) electrons. The van der Waals surface area contributed by atoms with Crippen molar-refractivity contribution >= 4 is 52.8 Å². The molecular formula is C17H20Cl2N6O3S. The molecule has 0 bridgehead atoms. The summed E-state index contributed by atoms with van der Waals surface area (Å²) in [6, 6.07) is 4.72. The van der Waals surface area contributed by atoms with Crippen molar-refractivity contribution in [3.63, 3.8) is 0 Å². The van der Waals surface area contributed by atoms with Gasteiger partial charge in [0.25, 0.3) is 5.56 Å². The Balaban J connectivity index is 1.93. The van der Waals surface area contributed by atoms with Crippen molar-refractivity contribution in [1.82, 2.24) is 14.5 Å². The van der Waals surface area contributed by atoms with Crippen LogP contribution in [0.15, 0.2) is 32.8 Å². The summed E-state index contributed by atoms with van der Waals surface area (Å²) in [7, 11) is 1.59. The Morgan fingerprint density at radius 3 is 2.76 bits per heavy atom. The molecule has 0 aliphatic carbocycles. The standard InChI is InChI=1S/C17H20Cl2N6O3S/c1-23-15(26)13(29-11-4-2-3-10(18)12(11)19)14(21)22-16(23)24-5-6-25(17(27)28)9(7-20)8-24/h2-4,9H,5-8,20-21H2,1H3,(H,27,28)/t9-/m1/s1. The normalized spacial score (nSPS) is 16.9. The number of halogens is 2. The molecule has 1 aliphatic heterocycles. The summed E-state index contributed by atoms with van der Waals surface area (Å²) in [5.74, 6) is 0.423. The van der Waals surface area contributed by atoms with Gasteiger partial charge < -0.3 is 26.4 Å². The number of benzene rings is 1. The summed E-state index contributed by atoms with van der Waals surface area (Å²) in [5.41, 5.74) is 11.5. The van der Waals surface area contributed by atoms with Crippen molar-refractivity contribution in [2.45, 2.75) is 15.8 Å². The molecule has 0 spiro atoms. The third kappa shape index (κ3) is 4.25. The Kier molecular flexibility index (Phi) is 6.47. The second kappa shape index (κ2) is 8.70. The number of amides is 1. The Labute approximate surface area is 181 Å². The molecule has 1 saturated heterocycles. The minimum atomic E-state index is -1.02. The van der Waals surface area contributed by atoms with E-state index in [1.807, 2.05) is 4.90 Å². The summed E-state index contributed by atoms with van der Waals surface area (Å²) < 4.78 is 1.39. The topological polar surface area (TPSA) is 131 Å². The third-order valence-corrected chi connectivity index (χ3v) is 6.74. The molecular weight excluding hydrogens is 439 g/mol. The Morgan fingerprint density at radius 1 is 1.38 bits per heavy atom. The van der Waals surface area contributed by atoms with Gasteiger partial charge in [-0.3, -0.25) is 9.36 Å². The number of nitrogens with zero attached hydrogens (tertiary/aromatic N) is 4. The van der Waals surface area contributed by atoms with Crippen LogP contribution < -0.4 is 21.9 Å². The number of hydrogen-bond donors (Lipinski definition) is 3. The van der Waals surface area contributed by atoms with Gasteiger partial charge in [0.2, 0.25) is 5.95 Å². The summed E-state index contributed by atoms with van der Waals surface area (Å²) in [5, 5.41) is 10.0. The van der Waals surface area contributed by atoms with E-state index >= 15 is 0 Å². The molecule has 1 aliphatic rings. The highest BCUT2D eigenvalue weighted by Gasteiger charge is 2.31. The number of anilines is 2. The first-order valence-corrected chi connectivity index (χ1v) is 10.2. The van der Waals surface area contributed by atoms with E-state index in [1.54, 1.807) is 25.2 Å². The first-order chi connectivity index (χ1) is 13.7. The number of carboxylic acid groups (broad SMARTS) is 1. The number of piperazine rings is 1. The van der Waals surface area contributed by atoms with Gasteiger partial charge in [-0.2, -0.15) is 4.98 Å². The molecule has 0 unspecified atom stereocenters. The second-order valence-electron chi connectivity index (χ2n) is 6.46. The first kappa shape index (κ1) is 21.6. The molecule has 2 aromatic rings. The highest BCUT2D eigenvalue weighted by Crippen LogP contribution is 2.37. The predicted molar refractivity (Wildman–Crippen MR) is 114 cm³/mol. The van der Waals surface area contributed by atoms with Crippen LogP contribution in [-0.2, 0) is 7.05 Å². The molecule has 156 valence electrons. The van der Waals surface area contributed by atoms with E-state index in [4.69, 9.17) is 34.7 Å². The summed E-state index contributed by atoms with van der Waals surface area (Å²) in [4.78, 5) is 32.7. The lowest BCUT2D eigenvalue weighted by Gasteiger charge is -2.40. The van der Waals surface area contributed by atoms with E-state index in [2.05, 4.69) is 4.98 Å². The maximum Gasteiger partial charge on any atom is 0.407 e. The SMILES string of the molecule is Cn1c(N2CCN(C(=O)O)[C@H](CN)C2)nc(N)c(Sc2cccc(Cl)c2Cl)c1=O. The maximum atomic E-state index is 13.0. The Hall–Kier alpha value is -2.14. The maximum absolute atomic E-state index is 13.0. The molecule has 9 nitrogen and oxygen atoms in total. The van der Waals surface area contributed by atoms with Gasteiger partial charge in [-0.25, -0.2) is 4.79 Å². The van der Waals surface area contributed by atoms with Crippen LogP contribution in [-0.4, -0.2) is 57.9 Å². The molecule has 2 heterocycles. The number of nitrogen functional groups attached to an aromatic ring is 1. The van der Waals surface area contributed by atoms with Crippen molar-refractivity contribution in [3.05, 3.63) is 38.6 Å². The summed E-state index contributed by atoms with van der Waals surface area (Å²) in [6.45, 7) is 1.10. The van der Waals surface area contributed by atoms with Crippen molar-refractivity contribution in [2.24, 2.45) is 12.8 Å². The molecule has 1 fully saturated rings. The highest BCUT2D eigenvalue weighted by molar-refractivity contribution is 7.99. The van der Waals surface area contributed by atoms with E-state index in [0.717, 1.165) is 11.8 Å². The predicted octanol–water partition coefficient (Wildman–Crippen LogP) is 1.95. The molecule has 12 heteroatoms. The highest BCUT2D eigenvalue weighted by atomic mass is 35.5. The average Bonchev–Trinajstić information content (AvgIpc) is 2.70. The lowest BCUT2D eigenvalue weighted by atomic mass is 10.2. The minimum Gasteiger partial charge on any atom is -0.465 e. The number of nitrogens with two attached hydrogens (primary N) is 2. The largest absolute Gasteiger partial charge is 0.465 e. The van der Waals surface area contributed by atoms with Crippen molar-refractivity contribution in [3.8, 4) is 0 Å². The van der Waals surface area contributed by atoms with Crippen LogP contribution in [0.25, 0.3) is 0 Å². The van der Waals surface area contributed by atoms with E-state index < -0.39 is 12.1 Å². The number of hydrogen-bond acceptors (Lipinski definition) is 7. The summed E-state index contributed by atoms with van der Waals surface area (Å²) in [6.07, 6.45) is -1.02. The zero-order valence-corrected chi connectivity index (χ0v) is 17.8. The quantitative estimate of drug-likeness (QED) is 0.633. The Bertz CT molecular complexity index is 1000. The zero-order chi connectivity index (χ0) is 21.3. The van der Waals surface area contributed by atoms with Crippen LogP contribution in [0.1, 0.15) is 0 Å². The average molecular weight is 459 g/mol. The fourth-order valence-electron chi connectivity index (χ4n) is 3.13. The van der Waals surface area contributed by atoms with Gasteiger partial charge >= 0.3 is 6.09 Å². The molecule has 5 N–H and O–H groups in total. The van der Waals surface area contributed by atoms with Crippen LogP contribution in [0, 0.1) is 0 Å². The monoisotopic (exact) mass is 458 g/mol. The smallest absolute Gasteiger partial charge is 0.407 e. The lowest BCUT2D eigenvalue weighted by molar-refractivity contribution is 0.119. The van der Waals surface area contributed by atoms with Crippen LogP contribution >= 0.6 is 35.0 Å². The van der Waals surface area contributed by atoms with Crippen molar-refractivity contribution in [2.75, 3.05) is 36.8 Å². The van der Waals surface area contributed by atoms with Gasteiger partial charge in [-0.05, 0) is 12.1 Å². The van der Waals surface area contributed by atoms with Crippen molar-refractivity contribution < 1.29 is 9.90 Å². The van der Waals surface area contributed by atoms with Crippen LogP contribution in [0.3, 0.4) is 0 Å². The molecule has 1 aromatic carbocycles. The second-order valence-corrected chi connectivity index (χ2v) is 8.29. The molecule has 1 atom stereocenters. The van der Waals surface area contributed by atoms with Gasteiger partial charge in [0.05, 0.1) is 16.1 Å². The summed E-state index contributed by atoms with van der Waals surface area (Å²) >= 11 is 13.4. The minimum absolute atomic E-state index is 0.0640. The van der Waals surface area contributed by atoms with Crippen molar-refractivity contribution in [1.29, 1.82) is 0 Å². The van der Waals surface area contributed by atoms with E-state index in [0.29, 0.717) is 34.0 Å². The Morgan fingerprint density at radius 2 is 2.10 bits per heavy atom. The molecule has 1 amide bonds. The van der Waals surface area contributed by atoms with Gasteiger partial charge in [0, 0.05) is 38.1 Å². The van der Waals surface area contributed by atoms with E-state index in [9.17, 15) is 14.7 Å².